The number of unbranched alkanes of at least 4 members (excludes halogenated alkanes) is 2. The highest BCUT2D eigenvalue weighted by Gasteiger charge is 2.28. The molecule has 2 aliphatic carbocycles. The number of carbonyl (C=O) groups is 2. The third-order valence-corrected chi connectivity index (χ3v) is 6.86. The van der Waals surface area contributed by atoms with Crippen LogP contribution in [0.15, 0.2) is 48.5 Å². The summed E-state index contributed by atoms with van der Waals surface area (Å²) >= 11 is 0. The highest BCUT2D eigenvalue weighted by atomic mass is 17.1. The Balaban J connectivity index is 0.000000181. The summed E-state index contributed by atoms with van der Waals surface area (Å²) in [6.45, 7) is 4.22. The molecule has 0 radical (unpaired) electrons. The minimum absolute atomic E-state index is 0.0154. The molecule has 0 spiro atoms. The van der Waals surface area contributed by atoms with Crippen LogP contribution in [0.1, 0.15) is 103 Å². The normalized spacial score (nSPS) is 20.6. The number of ketones is 2. The van der Waals surface area contributed by atoms with Crippen LogP contribution in [0, 0.1) is 11.8 Å². The molecule has 0 heterocycles. The molecule has 0 bridgehead atoms. The molecule has 0 amide bonds. The molecule has 1 fully saturated rings. The van der Waals surface area contributed by atoms with Gasteiger partial charge in [-0.25, -0.2) is 4.89 Å². The van der Waals surface area contributed by atoms with Gasteiger partial charge in [-0.1, -0.05) is 107 Å². The second-order valence-electron chi connectivity index (χ2n) is 9.28. The summed E-state index contributed by atoms with van der Waals surface area (Å²) < 4.78 is 0. The smallest absolute Gasteiger partial charge is 0.194 e. The van der Waals surface area contributed by atoms with Crippen LogP contribution >= 0.6 is 0 Å². The van der Waals surface area contributed by atoms with Gasteiger partial charge in [-0.2, -0.15) is 0 Å². The number of hydrogen-bond acceptors (Lipinski definition) is 4. The molecule has 172 valence electrons. The Labute approximate surface area is 191 Å². The fraction of sp³-hybridized carbons (Fsp3) is 0.500. The van der Waals surface area contributed by atoms with Crippen LogP contribution in [0.25, 0.3) is 0 Å². The molecule has 1 unspecified atom stereocenters. The van der Waals surface area contributed by atoms with E-state index in [0.29, 0.717) is 22.3 Å². The molecule has 4 nitrogen and oxygen atoms in total. The summed E-state index contributed by atoms with van der Waals surface area (Å²) in [7, 11) is 0. The SMILES string of the molecule is CCCCCC1CCC(CC(C)OO)CC1.O=C1c2ccccc2C(=O)c2ccccc21. The Hall–Kier alpha value is -2.30. The number of fused-ring (bicyclic) bond motifs is 2. The van der Waals surface area contributed by atoms with E-state index in [-0.39, 0.29) is 17.7 Å². The highest BCUT2D eigenvalue weighted by molar-refractivity contribution is 6.28. The van der Waals surface area contributed by atoms with Gasteiger partial charge >= 0.3 is 0 Å². The van der Waals surface area contributed by atoms with Gasteiger partial charge in [0.15, 0.2) is 11.6 Å². The van der Waals surface area contributed by atoms with E-state index in [0.717, 1.165) is 18.3 Å². The lowest BCUT2D eigenvalue weighted by Crippen LogP contribution is -2.20. The van der Waals surface area contributed by atoms with E-state index < -0.39 is 0 Å². The van der Waals surface area contributed by atoms with Crippen molar-refractivity contribution in [1.29, 1.82) is 0 Å². The molecule has 4 rings (SSSR count). The molecule has 4 heteroatoms. The van der Waals surface area contributed by atoms with Gasteiger partial charge in [0.2, 0.25) is 0 Å². The van der Waals surface area contributed by atoms with Crippen molar-refractivity contribution in [3.8, 4) is 0 Å². The van der Waals surface area contributed by atoms with Gasteiger partial charge in [-0.05, 0) is 25.2 Å². The number of hydrogen-bond donors (Lipinski definition) is 1. The number of rotatable bonds is 7. The van der Waals surface area contributed by atoms with E-state index in [9.17, 15) is 9.59 Å². The van der Waals surface area contributed by atoms with Crippen molar-refractivity contribution < 1.29 is 19.7 Å². The zero-order valence-corrected chi connectivity index (χ0v) is 19.4. The summed E-state index contributed by atoms with van der Waals surface area (Å²) in [5.41, 5.74) is 2.02. The van der Waals surface area contributed by atoms with Crippen LogP contribution in [0.3, 0.4) is 0 Å². The third kappa shape index (κ3) is 6.14. The van der Waals surface area contributed by atoms with Crippen molar-refractivity contribution in [2.24, 2.45) is 11.8 Å². The first kappa shape index (κ1) is 24.3. The van der Waals surface area contributed by atoms with Gasteiger partial charge in [-0.3, -0.25) is 14.8 Å². The molecule has 1 N–H and O–H groups in total. The molecule has 0 aromatic heterocycles. The first-order chi connectivity index (χ1) is 15.5. The van der Waals surface area contributed by atoms with Crippen LogP contribution in [0.5, 0.6) is 0 Å². The van der Waals surface area contributed by atoms with Crippen LogP contribution in [-0.4, -0.2) is 22.9 Å². The van der Waals surface area contributed by atoms with Crippen molar-refractivity contribution in [2.45, 2.75) is 77.7 Å². The monoisotopic (exact) mass is 436 g/mol. The van der Waals surface area contributed by atoms with Crippen molar-refractivity contribution in [3.63, 3.8) is 0 Å². The largest absolute Gasteiger partial charge is 0.289 e. The topological polar surface area (TPSA) is 63.6 Å². The van der Waals surface area contributed by atoms with Crippen LogP contribution in [0.2, 0.25) is 0 Å². The summed E-state index contributed by atoms with van der Waals surface area (Å²) in [6, 6.07) is 13.9. The molecule has 32 heavy (non-hydrogen) atoms. The highest BCUT2D eigenvalue weighted by Crippen LogP contribution is 2.34. The van der Waals surface area contributed by atoms with E-state index in [1.165, 1.54) is 51.4 Å². The molecular formula is C28H36O4. The van der Waals surface area contributed by atoms with Crippen molar-refractivity contribution in [1.82, 2.24) is 0 Å². The fourth-order valence-electron chi connectivity index (χ4n) is 5.00. The Morgan fingerprint density at radius 2 is 1.25 bits per heavy atom. The van der Waals surface area contributed by atoms with Crippen LogP contribution in [-0.2, 0) is 4.89 Å². The summed E-state index contributed by atoms with van der Waals surface area (Å²) in [5.74, 6) is 1.63. The van der Waals surface area contributed by atoms with Crippen molar-refractivity contribution in [3.05, 3.63) is 70.8 Å². The molecule has 0 saturated heterocycles. The van der Waals surface area contributed by atoms with Gasteiger partial charge in [0.1, 0.15) is 0 Å². The van der Waals surface area contributed by atoms with E-state index >= 15 is 0 Å². The summed E-state index contributed by atoms with van der Waals surface area (Å²) in [6.07, 6.45) is 12.1. The average molecular weight is 437 g/mol. The minimum atomic E-state index is -0.0641. The first-order valence-electron chi connectivity index (χ1n) is 12.1. The van der Waals surface area contributed by atoms with E-state index in [1.54, 1.807) is 48.5 Å². The van der Waals surface area contributed by atoms with Gasteiger partial charge in [0.25, 0.3) is 0 Å². The van der Waals surface area contributed by atoms with Gasteiger partial charge in [0.05, 0.1) is 6.10 Å². The Bertz CT molecular complexity index is 790. The Morgan fingerprint density at radius 3 is 1.66 bits per heavy atom. The number of benzene rings is 2. The Kier molecular flexibility index (Phi) is 9.19. The van der Waals surface area contributed by atoms with Gasteiger partial charge in [-0.15, -0.1) is 0 Å². The first-order valence-corrected chi connectivity index (χ1v) is 12.1. The standard InChI is InChI=1S/C14H8O2.C14H28O2/c15-13-9-5-1-2-6-10(9)14(16)12-8-4-3-7-11(12)13;1-3-4-5-6-13-7-9-14(10-8-13)11-12(2)16-15/h1-8H;12-15H,3-11H2,1-2H3. The fourth-order valence-corrected chi connectivity index (χ4v) is 5.00. The van der Waals surface area contributed by atoms with Crippen molar-refractivity contribution in [2.75, 3.05) is 0 Å². The zero-order chi connectivity index (χ0) is 22.9. The lowest BCUT2D eigenvalue weighted by Gasteiger charge is -2.29. The van der Waals surface area contributed by atoms with E-state index in [1.807, 2.05) is 6.92 Å². The quantitative estimate of drug-likeness (QED) is 0.244. The molecule has 1 atom stereocenters. The zero-order valence-electron chi connectivity index (χ0n) is 19.4. The molecule has 0 aliphatic heterocycles. The van der Waals surface area contributed by atoms with Crippen LogP contribution in [0.4, 0.5) is 0 Å². The van der Waals surface area contributed by atoms with Crippen molar-refractivity contribution >= 4 is 11.6 Å². The van der Waals surface area contributed by atoms with E-state index in [2.05, 4.69) is 11.8 Å². The molecule has 2 aromatic rings. The summed E-state index contributed by atoms with van der Waals surface area (Å²) in [5, 5.41) is 8.56. The van der Waals surface area contributed by atoms with Gasteiger partial charge < -0.3 is 0 Å². The third-order valence-electron chi connectivity index (χ3n) is 6.86. The predicted molar refractivity (Wildman–Crippen MR) is 127 cm³/mol. The maximum Gasteiger partial charge on any atom is 0.194 e. The molecular weight excluding hydrogens is 400 g/mol. The van der Waals surface area contributed by atoms with Crippen LogP contribution < -0.4 is 0 Å². The summed E-state index contributed by atoms with van der Waals surface area (Å²) in [4.78, 5) is 28.6. The Morgan fingerprint density at radius 1 is 0.812 bits per heavy atom. The molecule has 2 aliphatic rings. The molecule has 2 aromatic carbocycles. The second-order valence-corrected chi connectivity index (χ2v) is 9.28. The maximum absolute atomic E-state index is 12.1. The minimum Gasteiger partial charge on any atom is -0.289 e. The maximum atomic E-state index is 12.1. The predicted octanol–water partition coefficient (Wildman–Crippen LogP) is 7.10. The molecule has 1 saturated carbocycles. The second kappa shape index (κ2) is 12.1. The van der Waals surface area contributed by atoms with E-state index in [4.69, 9.17) is 5.26 Å². The average Bonchev–Trinajstić information content (AvgIpc) is 2.84. The van der Waals surface area contributed by atoms with Gasteiger partial charge in [0, 0.05) is 22.3 Å². The number of carbonyl (C=O) groups excluding carboxylic acids is 2. The lowest BCUT2D eigenvalue weighted by molar-refractivity contribution is -0.277. The lowest BCUT2D eigenvalue weighted by atomic mass is 9.78.